The SMILES string of the molecule is CC[C@H](NC)C(=O)N[C@@H](CCCCCC[C@H](NC(=O)[C@H](C)NC)C(=O)N1CCC[C@H]1C(=O)N[C@@H]1CCCc2ccccc21)C(=O)N1CCC[C@H]1C(=O)N[C@@H]1CCCc2ccccc21. The second-order valence-corrected chi connectivity index (χ2v) is 18.1. The number of nitrogens with one attached hydrogen (secondary N) is 6. The van der Waals surface area contributed by atoms with E-state index in [0.29, 0.717) is 70.9 Å². The molecule has 0 spiro atoms. The van der Waals surface area contributed by atoms with Crippen molar-refractivity contribution in [3.8, 4) is 0 Å². The van der Waals surface area contributed by atoms with Gasteiger partial charge in [-0.3, -0.25) is 28.8 Å². The van der Waals surface area contributed by atoms with E-state index < -0.39 is 36.3 Å². The summed E-state index contributed by atoms with van der Waals surface area (Å²) in [5, 5.41) is 18.5. The minimum atomic E-state index is -0.793. The maximum Gasteiger partial charge on any atom is 0.245 e. The van der Waals surface area contributed by atoms with E-state index in [9.17, 15) is 28.8 Å². The molecule has 63 heavy (non-hydrogen) atoms. The molecule has 6 amide bonds. The highest BCUT2D eigenvalue weighted by Crippen LogP contribution is 2.32. The number of amides is 6. The van der Waals surface area contributed by atoms with Crippen molar-refractivity contribution in [1.29, 1.82) is 0 Å². The molecule has 2 saturated heterocycles. The van der Waals surface area contributed by atoms with Crippen LogP contribution in [0.4, 0.5) is 0 Å². The van der Waals surface area contributed by atoms with Crippen molar-refractivity contribution in [3.63, 3.8) is 0 Å². The number of hydrogen-bond donors (Lipinski definition) is 6. The largest absolute Gasteiger partial charge is 0.347 e. The summed E-state index contributed by atoms with van der Waals surface area (Å²) in [7, 11) is 3.42. The van der Waals surface area contributed by atoms with Gasteiger partial charge in [0.05, 0.1) is 24.2 Å². The lowest BCUT2D eigenvalue weighted by Gasteiger charge is -2.32. The van der Waals surface area contributed by atoms with E-state index in [-0.39, 0.29) is 47.5 Å². The molecule has 2 aliphatic carbocycles. The van der Waals surface area contributed by atoms with E-state index in [1.165, 1.54) is 11.1 Å². The van der Waals surface area contributed by atoms with Crippen LogP contribution in [-0.4, -0.2) is 109 Å². The monoisotopic (exact) mass is 869 g/mol. The Bertz CT molecular complexity index is 1900. The number of carbonyl (C=O) groups is 6. The van der Waals surface area contributed by atoms with Crippen molar-refractivity contribution in [3.05, 3.63) is 70.8 Å². The lowest BCUT2D eigenvalue weighted by Crippen LogP contribution is -2.56. The van der Waals surface area contributed by atoms with Gasteiger partial charge < -0.3 is 41.7 Å². The van der Waals surface area contributed by atoms with Crippen LogP contribution in [-0.2, 0) is 41.6 Å². The number of hydrogen-bond acceptors (Lipinski definition) is 8. The van der Waals surface area contributed by atoms with Gasteiger partial charge in [-0.05, 0) is 127 Å². The fourth-order valence-electron chi connectivity index (χ4n) is 10.1. The highest BCUT2D eigenvalue weighted by molar-refractivity contribution is 5.94. The van der Waals surface area contributed by atoms with Crippen LogP contribution in [0.5, 0.6) is 0 Å². The minimum absolute atomic E-state index is 0.0899. The zero-order chi connectivity index (χ0) is 44.9. The predicted octanol–water partition coefficient (Wildman–Crippen LogP) is 4.27. The molecule has 6 N–H and O–H groups in total. The summed E-state index contributed by atoms with van der Waals surface area (Å²) in [5.74, 6) is -1.30. The summed E-state index contributed by atoms with van der Waals surface area (Å²) < 4.78 is 0. The molecule has 6 rings (SSSR count). The van der Waals surface area contributed by atoms with E-state index >= 15 is 0 Å². The second kappa shape index (κ2) is 23.2. The third-order valence-corrected chi connectivity index (χ3v) is 13.9. The fraction of sp³-hybridized carbons (Fsp3) is 0.633. The first-order valence-electron chi connectivity index (χ1n) is 23.9. The zero-order valence-electron chi connectivity index (χ0n) is 38.0. The molecule has 2 aromatic rings. The number of nitrogens with zero attached hydrogens (tertiary/aromatic N) is 2. The molecular weight excluding hydrogens is 797 g/mol. The Kier molecular flexibility index (Phi) is 17.6. The van der Waals surface area contributed by atoms with Gasteiger partial charge in [0.1, 0.15) is 24.2 Å². The molecule has 0 unspecified atom stereocenters. The minimum Gasteiger partial charge on any atom is -0.347 e. The number of likely N-dealkylation sites (N-methyl/N-ethyl adjacent to an activating group) is 2. The Hall–Kier alpha value is -4.82. The van der Waals surface area contributed by atoms with Crippen LogP contribution >= 0.6 is 0 Å². The Morgan fingerprint density at radius 2 is 1.05 bits per heavy atom. The first kappa shape index (κ1) is 47.7. The normalized spacial score (nSPS) is 22.5. The van der Waals surface area contributed by atoms with Gasteiger partial charge in [-0.1, -0.05) is 81.1 Å². The van der Waals surface area contributed by atoms with Crippen LogP contribution in [0, 0.1) is 0 Å². The molecule has 0 radical (unpaired) electrons. The third-order valence-electron chi connectivity index (χ3n) is 13.9. The number of unbranched alkanes of at least 4 members (excludes halogenated alkanes) is 3. The zero-order valence-corrected chi connectivity index (χ0v) is 38.0. The molecule has 2 aromatic carbocycles. The van der Waals surface area contributed by atoms with E-state index in [4.69, 9.17) is 0 Å². The maximum atomic E-state index is 14.3. The van der Waals surface area contributed by atoms with Crippen molar-refractivity contribution < 1.29 is 28.8 Å². The number of aryl methyl sites for hydroxylation is 2. The average Bonchev–Trinajstić information content (AvgIpc) is 4.01. The summed E-state index contributed by atoms with van der Waals surface area (Å²) in [4.78, 5) is 86.0. The van der Waals surface area contributed by atoms with Gasteiger partial charge in [-0.25, -0.2) is 0 Å². The summed E-state index contributed by atoms with van der Waals surface area (Å²) >= 11 is 0. The molecule has 0 bridgehead atoms. The highest BCUT2D eigenvalue weighted by Gasteiger charge is 2.40. The number of benzene rings is 2. The van der Waals surface area contributed by atoms with Crippen molar-refractivity contribution in [2.24, 2.45) is 0 Å². The lowest BCUT2D eigenvalue weighted by molar-refractivity contribution is -0.142. The van der Waals surface area contributed by atoms with E-state index in [1.807, 2.05) is 31.2 Å². The molecule has 14 heteroatoms. The molecular formula is C49H72N8O6. The Labute approximate surface area is 374 Å². The van der Waals surface area contributed by atoms with Crippen LogP contribution in [0.25, 0.3) is 0 Å². The van der Waals surface area contributed by atoms with E-state index in [2.05, 4.69) is 56.2 Å². The molecule has 0 saturated carbocycles. The molecule has 2 aliphatic heterocycles. The summed E-state index contributed by atoms with van der Waals surface area (Å²) in [5.41, 5.74) is 4.79. The molecule has 14 nitrogen and oxygen atoms in total. The molecule has 344 valence electrons. The number of likely N-dealkylation sites (tertiary alicyclic amines) is 2. The van der Waals surface area contributed by atoms with E-state index in [1.54, 1.807) is 30.8 Å². The molecule has 2 heterocycles. The van der Waals surface area contributed by atoms with Gasteiger partial charge >= 0.3 is 0 Å². The number of rotatable bonds is 20. The van der Waals surface area contributed by atoms with Crippen LogP contribution < -0.4 is 31.9 Å². The third kappa shape index (κ3) is 12.1. The number of carbonyl (C=O) groups excluding carboxylic acids is 6. The van der Waals surface area contributed by atoms with Crippen LogP contribution in [0.3, 0.4) is 0 Å². The maximum absolute atomic E-state index is 14.3. The molecule has 0 aromatic heterocycles. The lowest BCUT2D eigenvalue weighted by atomic mass is 9.87. The smallest absolute Gasteiger partial charge is 0.245 e. The van der Waals surface area contributed by atoms with Gasteiger partial charge in [0, 0.05) is 13.1 Å². The summed E-state index contributed by atoms with van der Waals surface area (Å²) in [6.45, 7) is 4.56. The van der Waals surface area contributed by atoms with Gasteiger partial charge in [-0.15, -0.1) is 0 Å². The fourth-order valence-corrected chi connectivity index (χ4v) is 10.1. The second-order valence-electron chi connectivity index (χ2n) is 18.1. The van der Waals surface area contributed by atoms with Crippen molar-refractivity contribution in [2.45, 2.75) is 171 Å². The topological polar surface area (TPSA) is 181 Å². The van der Waals surface area contributed by atoms with Crippen molar-refractivity contribution >= 4 is 35.4 Å². The highest BCUT2D eigenvalue weighted by atomic mass is 16.2. The molecule has 8 atom stereocenters. The first-order chi connectivity index (χ1) is 30.5. The van der Waals surface area contributed by atoms with Crippen LogP contribution in [0.2, 0.25) is 0 Å². The van der Waals surface area contributed by atoms with Gasteiger partial charge in [0.25, 0.3) is 0 Å². The van der Waals surface area contributed by atoms with Crippen molar-refractivity contribution in [2.75, 3.05) is 27.2 Å². The van der Waals surface area contributed by atoms with Crippen LogP contribution in [0.1, 0.15) is 144 Å². The Balaban J connectivity index is 1.05. The quantitative estimate of drug-likeness (QED) is 0.107. The average molecular weight is 869 g/mol. The molecule has 4 aliphatic rings. The predicted molar refractivity (Wildman–Crippen MR) is 243 cm³/mol. The van der Waals surface area contributed by atoms with Gasteiger partial charge in [0.2, 0.25) is 35.4 Å². The molecule has 2 fully saturated rings. The summed E-state index contributed by atoms with van der Waals surface area (Å²) in [6, 6.07) is 12.5. The Morgan fingerprint density at radius 1 is 0.587 bits per heavy atom. The number of fused-ring (bicyclic) bond motifs is 2. The first-order valence-corrected chi connectivity index (χ1v) is 23.9. The summed E-state index contributed by atoms with van der Waals surface area (Å²) in [6.07, 6.45) is 12.3. The van der Waals surface area contributed by atoms with E-state index in [0.717, 1.165) is 62.5 Å². The van der Waals surface area contributed by atoms with Gasteiger partial charge in [0.15, 0.2) is 0 Å². The van der Waals surface area contributed by atoms with Crippen LogP contribution in [0.15, 0.2) is 48.5 Å². The van der Waals surface area contributed by atoms with Gasteiger partial charge in [-0.2, -0.15) is 0 Å². The van der Waals surface area contributed by atoms with Crippen molar-refractivity contribution in [1.82, 2.24) is 41.7 Å². The Morgan fingerprint density at radius 3 is 1.49 bits per heavy atom. The standard InChI is InChI=1S/C49H72N8O6/c1-5-37(51-4)45(59)55-41(49(63)57-31-17-29-43(57)47(61)53-39-27-15-21-34-19-11-13-23-36(34)39)25-9-7-6-8-24-40(54-44(58)32(2)50-3)48(62)56-30-16-28-42(56)46(60)52-38-26-14-20-33-18-10-12-22-35(33)38/h10-13,18-19,22-23,32,37-43,50-51H,5-9,14-17,20-21,24-31H2,1-4H3,(H,52,60)(H,53,61)(H,54,58)(H,55,59)/t32-,37-,38+,39+,40-,41-,42-,43-/m0/s1.